The molecule has 1 rings (SSSR count). The molecule has 0 atom stereocenters. The zero-order valence-electron chi connectivity index (χ0n) is 5.66. The minimum atomic E-state index is -0.579. The van der Waals surface area contributed by atoms with Gasteiger partial charge in [0.25, 0.3) is 0 Å². The second-order valence-electron chi connectivity index (χ2n) is 1.48. The summed E-state index contributed by atoms with van der Waals surface area (Å²) < 4.78 is 3.97. The fourth-order valence-electron chi connectivity index (χ4n) is 0.303. The van der Waals surface area contributed by atoms with Crippen LogP contribution in [0.5, 0.6) is 0 Å². The Balaban J connectivity index is 0.000000236. The zero-order chi connectivity index (χ0) is 7.98. The summed E-state index contributed by atoms with van der Waals surface area (Å²) in [6, 6.07) is 0. The average molecular weight is 140 g/mol. The van der Waals surface area contributed by atoms with Crippen LogP contribution in [0.3, 0.4) is 0 Å². The molecule has 1 aliphatic heterocycles. The van der Waals surface area contributed by atoms with Gasteiger partial charge in [-0.2, -0.15) is 0 Å². The number of rotatable bonds is 0. The van der Waals surface area contributed by atoms with Crippen LogP contribution >= 0.6 is 0 Å². The van der Waals surface area contributed by atoms with Crippen LogP contribution in [0.1, 0.15) is 6.92 Å². The molecule has 0 aromatic heterocycles. The number of hydrogen-bond donors (Lipinski definition) is 0. The maximum Gasteiger partial charge on any atom is 0.338 e. The molecule has 0 fully saturated rings. The largest absolute Gasteiger partial charge is 0.387 e. The molecule has 0 unspecified atom stereocenters. The van der Waals surface area contributed by atoms with Crippen LogP contribution in [0.4, 0.5) is 0 Å². The molecule has 0 saturated heterocycles. The highest BCUT2D eigenvalue weighted by molar-refractivity contribution is 6.04. The Bertz CT molecular complexity index is 163. The van der Waals surface area contributed by atoms with Gasteiger partial charge in [0.15, 0.2) is 0 Å². The average Bonchev–Trinajstić information content (AvgIpc) is 2.17. The van der Waals surface area contributed by atoms with Gasteiger partial charge in [0, 0.05) is 12.2 Å². The lowest BCUT2D eigenvalue weighted by atomic mass is 10.6. The third-order valence-electron chi connectivity index (χ3n) is 0.557. The van der Waals surface area contributed by atoms with Crippen LogP contribution in [0, 0.1) is 0 Å². The van der Waals surface area contributed by atoms with E-state index in [2.05, 4.69) is 11.3 Å². The van der Waals surface area contributed by atoms with E-state index in [0.717, 1.165) is 12.2 Å². The maximum atomic E-state index is 9.92. The van der Waals surface area contributed by atoms with Gasteiger partial charge in [0.1, 0.15) is 0 Å². The number of hydrogen-bond acceptors (Lipinski definition) is 3. The molecule has 1 aliphatic rings. The first kappa shape index (κ1) is 8.62. The van der Waals surface area contributed by atoms with Crippen LogP contribution in [-0.4, -0.2) is 11.9 Å². The Kier molecular flexibility index (Phi) is 3.87. The van der Waals surface area contributed by atoms with Crippen molar-refractivity contribution in [3.05, 3.63) is 24.8 Å². The molecule has 0 saturated carbocycles. The monoisotopic (exact) mass is 140 g/mol. The van der Waals surface area contributed by atoms with Crippen molar-refractivity contribution in [3.63, 3.8) is 0 Å². The molecule has 0 N–H and O–H groups in total. The van der Waals surface area contributed by atoms with E-state index in [4.69, 9.17) is 0 Å². The van der Waals surface area contributed by atoms with Crippen molar-refractivity contribution in [2.45, 2.75) is 6.92 Å². The molecule has 1 heterocycles. The normalized spacial score (nSPS) is 13.7. The lowest BCUT2D eigenvalue weighted by Gasteiger charge is -1.80. The first-order valence-electron chi connectivity index (χ1n) is 2.71. The summed E-state index contributed by atoms with van der Waals surface area (Å²) in [5.41, 5.74) is 0. The summed E-state index contributed by atoms with van der Waals surface area (Å²) in [5, 5.41) is 0. The maximum absolute atomic E-state index is 9.92. The third-order valence-corrected chi connectivity index (χ3v) is 0.557. The van der Waals surface area contributed by atoms with Gasteiger partial charge < -0.3 is 4.74 Å². The zero-order valence-corrected chi connectivity index (χ0v) is 5.66. The minimum Gasteiger partial charge on any atom is -0.387 e. The molecule has 54 valence electrons. The van der Waals surface area contributed by atoms with E-state index in [9.17, 15) is 9.59 Å². The Labute approximate surface area is 59.0 Å². The number of carbonyl (C=O) groups excluding carboxylic acids is 2. The highest BCUT2D eigenvalue weighted by Gasteiger charge is 2.10. The quantitative estimate of drug-likeness (QED) is 0.284. The van der Waals surface area contributed by atoms with E-state index >= 15 is 0 Å². The summed E-state index contributed by atoms with van der Waals surface area (Å²) >= 11 is 0. The first-order valence-corrected chi connectivity index (χ1v) is 2.71. The summed E-state index contributed by atoms with van der Waals surface area (Å²) in [7, 11) is 0. The molecule has 0 aromatic rings. The molecule has 10 heavy (non-hydrogen) atoms. The van der Waals surface area contributed by atoms with E-state index in [0.29, 0.717) is 0 Å². The van der Waals surface area contributed by atoms with Gasteiger partial charge in [-0.05, 0) is 6.92 Å². The van der Waals surface area contributed by atoms with Gasteiger partial charge in [-0.25, -0.2) is 9.59 Å². The number of ether oxygens (including phenoxy) is 1. The Morgan fingerprint density at radius 1 is 1.40 bits per heavy atom. The van der Waals surface area contributed by atoms with Crippen molar-refractivity contribution in [1.82, 2.24) is 0 Å². The number of esters is 2. The van der Waals surface area contributed by atoms with Gasteiger partial charge in [0.2, 0.25) is 0 Å². The fourth-order valence-corrected chi connectivity index (χ4v) is 0.303. The van der Waals surface area contributed by atoms with Crippen molar-refractivity contribution in [2.75, 3.05) is 0 Å². The van der Waals surface area contributed by atoms with Gasteiger partial charge in [-0.3, -0.25) is 0 Å². The smallest absolute Gasteiger partial charge is 0.338 e. The molecular formula is C7H8O3. The van der Waals surface area contributed by atoms with Gasteiger partial charge >= 0.3 is 11.9 Å². The van der Waals surface area contributed by atoms with E-state index in [-0.39, 0.29) is 0 Å². The van der Waals surface area contributed by atoms with Crippen LogP contribution in [0.25, 0.3) is 0 Å². The Hall–Kier alpha value is -1.38. The predicted octanol–water partition coefficient (Wildman–Crippen LogP) is 0.818. The van der Waals surface area contributed by atoms with Crippen LogP contribution in [-0.2, 0) is 14.3 Å². The SMILES string of the molecule is C=CC.O=C1C=CC(=O)O1. The lowest BCUT2D eigenvalue weighted by Crippen LogP contribution is -1.96. The predicted molar refractivity (Wildman–Crippen MR) is 36.1 cm³/mol. The number of allylic oxidation sites excluding steroid dienone is 1. The van der Waals surface area contributed by atoms with Crippen molar-refractivity contribution in [3.8, 4) is 0 Å². The fraction of sp³-hybridized carbons (Fsp3) is 0.143. The molecule has 0 aliphatic carbocycles. The molecule has 3 heteroatoms. The summed E-state index contributed by atoms with van der Waals surface area (Å²) in [5.74, 6) is -1.16. The Morgan fingerprint density at radius 2 is 1.70 bits per heavy atom. The van der Waals surface area contributed by atoms with E-state index < -0.39 is 11.9 Å². The van der Waals surface area contributed by atoms with Crippen molar-refractivity contribution in [2.24, 2.45) is 0 Å². The van der Waals surface area contributed by atoms with E-state index in [1.165, 1.54) is 0 Å². The van der Waals surface area contributed by atoms with Crippen LogP contribution < -0.4 is 0 Å². The second-order valence-corrected chi connectivity index (χ2v) is 1.48. The molecule has 3 nitrogen and oxygen atoms in total. The molecule has 0 aromatic carbocycles. The lowest BCUT2D eigenvalue weighted by molar-refractivity contribution is -0.150. The third kappa shape index (κ3) is 3.60. The van der Waals surface area contributed by atoms with Crippen molar-refractivity contribution >= 4 is 11.9 Å². The van der Waals surface area contributed by atoms with Gasteiger partial charge in [0.05, 0.1) is 0 Å². The number of carbonyl (C=O) groups is 2. The molecule has 0 radical (unpaired) electrons. The minimum absolute atomic E-state index is 0.579. The van der Waals surface area contributed by atoms with Crippen molar-refractivity contribution in [1.29, 1.82) is 0 Å². The topological polar surface area (TPSA) is 43.4 Å². The Morgan fingerprint density at radius 3 is 1.80 bits per heavy atom. The van der Waals surface area contributed by atoms with E-state index in [1.807, 2.05) is 6.92 Å². The molecule has 0 amide bonds. The van der Waals surface area contributed by atoms with Crippen LogP contribution in [0.2, 0.25) is 0 Å². The highest BCUT2D eigenvalue weighted by atomic mass is 16.6. The number of cyclic esters (lactones) is 2. The molecule has 0 bridgehead atoms. The van der Waals surface area contributed by atoms with Gasteiger partial charge in [-0.15, -0.1) is 6.58 Å². The highest BCUT2D eigenvalue weighted by Crippen LogP contribution is 1.92. The summed E-state index contributed by atoms with van der Waals surface area (Å²) in [6.45, 7) is 5.25. The van der Waals surface area contributed by atoms with Crippen LogP contribution in [0.15, 0.2) is 24.8 Å². The molecule has 0 spiro atoms. The standard InChI is InChI=1S/C4H2O3.C3H6/c5-3-1-2-4(6)7-3;1-3-2/h1-2H;3H,1H2,2H3. The van der Waals surface area contributed by atoms with E-state index in [1.54, 1.807) is 6.08 Å². The molecular weight excluding hydrogens is 132 g/mol. The van der Waals surface area contributed by atoms with Gasteiger partial charge in [-0.1, -0.05) is 6.08 Å². The summed E-state index contributed by atoms with van der Waals surface area (Å²) in [6.07, 6.45) is 3.92. The first-order chi connectivity index (χ1) is 4.70. The van der Waals surface area contributed by atoms with Crippen molar-refractivity contribution < 1.29 is 14.3 Å². The second kappa shape index (κ2) is 4.49. The summed E-state index contributed by atoms with van der Waals surface area (Å²) in [4.78, 5) is 19.8.